The topological polar surface area (TPSA) is 40.5 Å². The van der Waals surface area contributed by atoms with Crippen LogP contribution in [0.15, 0.2) is 11.6 Å². The number of allylic oxidation sites excluding steroid dienone is 2. The first-order valence-electron chi connectivity index (χ1n) is 12.3. The monoisotopic (exact) mass is 512 g/mol. The van der Waals surface area contributed by atoms with Gasteiger partial charge < -0.3 is 10.2 Å². The molecule has 5 aliphatic rings. The molecule has 0 aromatic rings. The smallest absolute Gasteiger partial charge is 0.0568 e. The summed E-state index contributed by atoms with van der Waals surface area (Å²) in [5.74, 6) is 2.56. The van der Waals surface area contributed by atoms with Gasteiger partial charge in [0.2, 0.25) is 0 Å². The van der Waals surface area contributed by atoms with Gasteiger partial charge >= 0.3 is 0 Å². The molecule has 4 fully saturated rings. The predicted octanol–water partition coefficient (Wildman–Crippen LogP) is 6.28. The molecule has 0 radical (unpaired) electrons. The van der Waals surface area contributed by atoms with E-state index >= 15 is 0 Å². The minimum absolute atomic E-state index is 0.0937. The molecule has 3 heteroatoms. The molecule has 0 aromatic carbocycles. The molecule has 10 unspecified atom stereocenters. The van der Waals surface area contributed by atoms with Gasteiger partial charge in [0.15, 0.2) is 0 Å². The van der Waals surface area contributed by atoms with Crippen molar-refractivity contribution in [3.05, 3.63) is 11.6 Å². The van der Waals surface area contributed by atoms with Crippen molar-refractivity contribution in [3.8, 4) is 0 Å². The molecule has 2 nitrogen and oxygen atoms in total. The lowest BCUT2D eigenvalue weighted by atomic mass is 9.39. The zero-order valence-electron chi connectivity index (χ0n) is 18.9. The van der Waals surface area contributed by atoms with E-state index in [2.05, 4.69) is 56.4 Å². The van der Waals surface area contributed by atoms with Crippen molar-refractivity contribution >= 4 is 22.6 Å². The molecule has 0 bridgehead atoms. The summed E-state index contributed by atoms with van der Waals surface area (Å²) in [6.07, 6.45) is 14.2. The lowest BCUT2D eigenvalue weighted by Crippen LogP contribution is -2.62. The number of rotatable bonds is 0. The molecule has 2 N–H and O–H groups in total. The summed E-state index contributed by atoms with van der Waals surface area (Å²) in [5, 5.41) is 21.2. The van der Waals surface area contributed by atoms with Gasteiger partial charge in [-0.25, -0.2) is 0 Å². The summed E-state index contributed by atoms with van der Waals surface area (Å²) in [6.45, 7) is 10.0. The Kier molecular flexibility index (Phi) is 4.91. The maximum Gasteiger partial charge on any atom is 0.0568 e. The van der Waals surface area contributed by atoms with Crippen molar-refractivity contribution < 1.29 is 10.2 Å². The van der Waals surface area contributed by atoms with Gasteiger partial charge in [0.05, 0.1) is 15.6 Å². The molecule has 29 heavy (non-hydrogen) atoms. The van der Waals surface area contributed by atoms with Crippen LogP contribution in [0.25, 0.3) is 0 Å². The van der Waals surface area contributed by atoms with Gasteiger partial charge in [0, 0.05) is 0 Å². The van der Waals surface area contributed by atoms with Gasteiger partial charge in [-0.15, -0.1) is 0 Å². The van der Waals surface area contributed by atoms with Crippen molar-refractivity contribution in [1.29, 1.82) is 0 Å². The van der Waals surface area contributed by atoms with Crippen LogP contribution in [0.2, 0.25) is 0 Å². The van der Waals surface area contributed by atoms with Crippen LogP contribution < -0.4 is 0 Å². The van der Waals surface area contributed by atoms with Crippen molar-refractivity contribution in [2.45, 2.75) is 108 Å². The van der Waals surface area contributed by atoms with Crippen LogP contribution in [0.1, 0.15) is 91.9 Å². The third kappa shape index (κ3) is 2.71. The third-order valence-electron chi connectivity index (χ3n) is 11.3. The fourth-order valence-electron chi connectivity index (χ4n) is 9.43. The van der Waals surface area contributed by atoms with Crippen LogP contribution in [0.5, 0.6) is 0 Å². The third-order valence-corrected chi connectivity index (χ3v) is 13.7. The second kappa shape index (κ2) is 6.70. The summed E-state index contributed by atoms with van der Waals surface area (Å²) in [4.78, 5) is 0. The molecule has 5 rings (SSSR count). The molecule has 10 atom stereocenters. The fraction of sp³-hybridized carbons (Fsp3) is 0.923. The first-order valence-corrected chi connectivity index (χ1v) is 13.4. The van der Waals surface area contributed by atoms with Gasteiger partial charge in [-0.1, -0.05) is 61.9 Å². The average Bonchev–Trinajstić information content (AvgIpc) is 2.66. The van der Waals surface area contributed by atoms with E-state index in [0.29, 0.717) is 34.0 Å². The maximum atomic E-state index is 10.6. The predicted molar refractivity (Wildman–Crippen MR) is 127 cm³/mol. The van der Waals surface area contributed by atoms with Crippen LogP contribution >= 0.6 is 22.6 Å². The van der Waals surface area contributed by atoms with Crippen LogP contribution in [-0.2, 0) is 0 Å². The standard InChI is InChI=1S/C26H41IO2/c1-16-18-9-13-25(4)19-8-12-23(2)11-7-17(28)15-26(23,27)20(19)5-6-22(25)24(18,3)14-10-21(16)29/h5,16-19,21-22,28-29H,6-15H2,1-4H3. The highest BCUT2D eigenvalue weighted by Gasteiger charge is 2.65. The van der Waals surface area contributed by atoms with Gasteiger partial charge in [0.25, 0.3) is 0 Å². The van der Waals surface area contributed by atoms with Gasteiger partial charge in [-0.2, -0.15) is 0 Å². The molecule has 0 saturated heterocycles. The highest BCUT2D eigenvalue weighted by atomic mass is 127. The molecule has 5 aliphatic carbocycles. The van der Waals surface area contributed by atoms with Crippen LogP contribution in [0.3, 0.4) is 0 Å². The second-order valence-corrected chi connectivity index (χ2v) is 14.3. The Bertz CT molecular complexity index is 719. The largest absolute Gasteiger partial charge is 0.393 e. The molecule has 0 amide bonds. The van der Waals surface area contributed by atoms with Crippen molar-refractivity contribution in [2.75, 3.05) is 0 Å². The molecule has 164 valence electrons. The number of hydrogen-bond donors (Lipinski definition) is 2. The Morgan fingerprint density at radius 2 is 1.62 bits per heavy atom. The number of alkyl halides is 1. The van der Waals surface area contributed by atoms with E-state index in [9.17, 15) is 10.2 Å². The lowest BCUT2D eigenvalue weighted by molar-refractivity contribution is -0.154. The lowest BCUT2D eigenvalue weighted by Gasteiger charge is -2.67. The quantitative estimate of drug-likeness (QED) is 0.228. The SMILES string of the molecule is CC1C(O)CCC2(C)C1CCC1(C)C3CCC4(C)CCC(O)CC4(I)C3=CCC12. The molecule has 0 spiro atoms. The molecular formula is C26H41IO2. The van der Waals surface area contributed by atoms with E-state index < -0.39 is 0 Å². The molecule has 4 saturated carbocycles. The average molecular weight is 513 g/mol. The zero-order chi connectivity index (χ0) is 20.8. The van der Waals surface area contributed by atoms with Crippen LogP contribution in [-0.4, -0.2) is 25.8 Å². The maximum absolute atomic E-state index is 10.6. The van der Waals surface area contributed by atoms with E-state index in [1.165, 1.54) is 44.9 Å². The fourth-order valence-corrected chi connectivity index (χ4v) is 11.1. The Morgan fingerprint density at radius 3 is 2.38 bits per heavy atom. The van der Waals surface area contributed by atoms with E-state index in [1.54, 1.807) is 5.57 Å². The molecule has 0 heterocycles. The van der Waals surface area contributed by atoms with E-state index in [4.69, 9.17) is 0 Å². The summed E-state index contributed by atoms with van der Waals surface area (Å²) in [5.41, 5.74) is 2.83. The van der Waals surface area contributed by atoms with Crippen LogP contribution in [0, 0.1) is 39.9 Å². The van der Waals surface area contributed by atoms with E-state index in [0.717, 1.165) is 25.2 Å². The van der Waals surface area contributed by atoms with Crippen molar-refractivity contribution in [1.82, 2.24) is 0 Å². The number of hydrogen-bond acceptors (Lipinski definition) is 2. The Labute approximate surface area is 191 Å². The minimum atomic E-state index is -0.126. The minimum Gasteiger partial charge on any atom is -0.393 e. The van der Waals surface area contributed by atoms with Gasteiger partial charge in [-0.3, -0.25) is 0 Å². The molecule has 0 aromatic heterocycles. The normalized spacial score (nSPS) is 59.6. The Morgan fingerprint density at radius 1 is 0.931 bits per heavy atom. The first kappa shape index (κ1) is 21.2. The first-order chi connectivity index (χ1) is 13.6. The summed E-state index contributed by atoms with van der Waals surface area (Å²) < 4.78 is 0.146. The Balaban J connectivity index is 1.55. The molecular weight excluding hydrogens is 471 g/mol. The molecule has 0 aliphatic heterocycles. The Hall–Kier alpha value is 0.390. The number of fused-ring (bicyclic) bond motifs is 7. The summed E-state index contributed by atoms with van der Waals surface area (Å²) in [7, 11) is 0. The second-order valence-electron chi connectivity index (χ2n) is 12.4. The van der Waals surface area contributed by atoms with E-state index in [-0.39, 0.29) is 15.6 Å². The van der Waals surface area contributed by atoms with Crippen molar-refractivity contribution in [2.24, 2.45) is 39.9 Å². The number of halogens is 1. The highest BCUT2D eigenvalue weighted by molar-refractivity contribution is 14.1. The van der Waals surface area contributed by atoms with Gasteiger partial charge in [-0.05, 0) is 104 Å². The highest BCUT2D eigenvalue weighted by Crippen LogP contribution is 2.72. The van der Waals surface area contributed by atoms with Gasteiger partial charge in [0.1, 0.15) is 0 Å². The van der Waals surface area contributed by atoms with E-state index in [1.807, 2.05) is 0 Å². The van der Waals surface area contributed by atoms with Crippen LogP contribution in [0.4, 0.5) is 0 Å². The summed E-state index contributed by atoms with van der Waals surface area (Å²) >= 11 is 2.79. The number of aliphatic hydroxyl groups excluding tert-OH is 2. The van der Waals surface area contributed by atoms with Crippen molar-refractivity contribution in [3.63, 3.8) is 0 Å². The zero-order valence-corrected chi connectivity index (χ0v) is 21.0. The number of aliphatic hydroxyl groups is 2. The summed E-state index contributed by atoms with van der Waals surface area (Å²) in [6, 6.07) is 0.